The van der Waals surface area contributed by atoms with Crippen LogP contribution in [-0.4, -0.2) is 90.0 Å². The van der Waals surface area contributed by atoms with Gasteiger partial charge in [0.15, 0.2) is 0 Å². The van der Waals surface area contributed by atoms with Crippen LogP contribution in [0.25, 0.3) is 0 Å². The highest BCUT2D eigenvalue weighted by atomic mass is 32.2. The van der Waals surface area contributed by atoms with E-state index in [2.05, 4.69) is 0 Å². The molecule has 0 aliphatic rings. The van der Waals surface area contributed by atoms with Crippen molar-refractivity contribution in [2.24, 2.45) is 0 Å². The van der Waals surface area contributed by atoms with Crippen molar-refractivity contribution in [3.8, 4) is 0 Å². The lowest BCUT2D eigenvalue weighted by atomic mass is 10.3. The molecule has 0 aromatic carbocycles. The van der Waals surface area contributed by atoms with Crippen LogP contribution in [0.3, 0.4) is 0 Å². The minimum atomic E-state index is -0.748. The number of unbranched alkanes of at least 4 members (excludes halogenated alkanes) is 1. The molecule has 0 bridgehead atoms. The number of thioether (sulfide) groups is 2. The highest BCUT2D eigenvalue weighted by molar-refractivity contribution is 7.99. The standard InChI is InChI=1S/C5H10O2.C4H8O2S.2C4H8O2.C3H6O2S.C3H6O2/c1-2-3-4-5(6)7;1-2-7-3-4(5)6;2*1-2-3-4(5)6;1-6-2-3(4)5;1-2-3(4)5/h2-4H2,1H3,(H,6,7);2-3H2,1H3,(H,5,6);2*2-3H2,1H3,(H,5,6);2H2,1H3,(H,4,5);2H2,1H3,(H,4,5). The van der Waals surface area contributed by atoms with Crippen molar-refractivity contribution in [3.05, 3.63) is 0 Å². The molecule has 0 spiro atoms. The van der Waals surface area contributed by atoms with E-state index in [1.807, 2.05) is 27.7 Å². The van der Waals surface area contributed by atoms with Crippen molar-refractivity contribution in [3.63, 3.8) is 0 Å². The molecule has 12 nitrogen and oxygen atoms in total. The summed E-state index contributed by atoms with van der Waals surface area (Å²) in [6.07, 6.45) is 6.11. The molecule has 0 aromatic heterocycles. The van der Waals surface area contributed by atoms with Crippen molar-refractivity contribution in [1.29, 1.82) is 0 Å². The molecule has 222 valence electrons. The minimum Gasteiger partial charge on any atom is -0.481 e. The fourth-order valence-corrected chi connectivity index (χ4v) is 1.69. The van der Waals surface area contributed by atoms with Crippen LogP contribution >= 0.6 is 23.5 Å². The minimum absolute atomic E-state index is 0.208. The molecule has 37 heavy (non-hydrogen) atoms. The molecule has 6 N–H and O–H groups in total. The van der Waals surface area contributed by atoms with Gasteiger partial charge in [-0.3, -0.25) is 28.8 Å². The molecule has 0 atom stereocenters. The summed E-state index contributed by atoms with van der Waals surface area (Å²) < 4.78 is 0. The molecule has 0 radical (unpaired) electrons. The fraction of sp³-hybridized carbons (Fsp3) is 0.739. The highest BCUT2D eigenvalue weighted by Crippen LogP contribution is 1.95. The number of rotatable bonds is 13. The van der Waals surface area contributed by atoms with E-state index in [9.17, 15) is 28.8 Å². The van der Waals surface area contributed by atoms with Crippen LogP contribution in [-0.2, 0) is 28.8 Å². The molecule has 0 unspecified atom stereocenters. The topological polar surface area (TPSA) is 224 Å². The van der Waals surface area contributed by atoms with Crippen LogP contribution in [0.2, 0.25) is 0 Å². The first-order valence-electron chi connectivity index (χ1n) is 11.5. The van der Waals surface area contributed by atoms with Gasteiger partial charge in [-0.15, -0.1) is 0 Å². The molecular formula is C23H46O12S2. The molecule has 0 aromatic rings. The molecule has 0 aliphatic carbocycles. The second-order valence-electron chi connectivity index (χ2n) is 6.39. The first-order chi connectivity index (χ1) is 17.1. The van der Waals surface area contributed by atoms with Gasteiger partial charge < -0.3 is 30.6 Å². The molecule has 0 saturated heterocycles. The van der Waals surface area contributed by atoms with Gasteiger partial charge in [0.05, 0.1) is 11.5 Å². The Kier molecular flexibility index (Phi) is 56.2. The maximum atomic E-state index is 9.76. The van der Waals surface area contributed by atoms with Crippen LogP contribution < -0.4 is 0 Å². The Morgan fingerprint density at radius 2 is 0.865 bits per heavy atom. The van der Waals surface area contributed by atoms with Crippen molar-refractivity contribution in [2.45, 2.75) is 86.0 Å². The summed E-state index contributed by atoms with van der Waals surface area (Å²) in [6.45, 7) is 9.20. The maximum absolute atomic E-state index is 9.76. The fourth-order valence-electron chi connectivity index (χ4n) is 1.07. The number of carboxylic acids is 6. The first kappa shape index (κ1) is 47.7. The number of hydrogen-bond donors (Lipinski definition) is 6. The van der Waals surface area contributed by atoms with Crippen LogP contribution in [0.5, 0.6) is 0 Å². The number of carboxylic acid groups (broad SMARTS) is 6. The normalized spacial score (nSPS) is 8.27. The molecule has 0 amide bonds. The molecule has 14 heteroatoms. The van der Waals surface area contributed by atoms with Crippen molar-refractivity contribution >= 4 is 59.3 Å². The quantitative estimate of drug-likeness (QED) is 0.174. The second kappa shape index (κ2) is 43.6. The zero-order valence-corrected chi connectivity index (χ0v) is 24.4. The van der Waals surface area contributed by atoms with Crippen LogP contribution in [0.1, 0.15) is 86.0 Å². The van der Waals surface area contributed by atoms with Gasteiger partial charge in [0.25, 0.3) is 0 Å². The first-order valence-corrected chi connectivity index (χ1v) is 14.0. The van der Waals surface area contributed by atoms with Gasteiger partial charge >= 0.3 is 35.8 Å². The third-order valence-corrected chi connectivity index (χ3v) is 4.07. The Hall–Kier alpha value is -2.48. The summed E-state index contributed by atoms with van der Waals surface area (Å²) in [5.41, 5.74) is 0. The predicted octanol–water partition coefficient (Wildman–Crippen LogP) is 4.74. The summed E-state index contributed by atoms with van der Waals surface area (Å²) in [4.78, 5) is 57.6. The van der Waals surface area contributed by atoms with E-state index in [0.29, 0.717) is 19.3 Å². The average Bonchev–Trinajstić information content (AvgIpc) is 2.78. The summed E-state index contributed by atoms with van der Waals surface area (Å²) >= 11 is 2.73. The largest absolute Gasteiger partial charge is 0.481 e. The Morgan fingerprint density at radius 1 is 0.514 bits per heavy atom. The van der Waals surface area contributed by atoms with Crippen LogP contribution in [0.15, 0.2) is 0 Å². The van der Waals surface area contributed by atoms with E-state index < -0.39 is 35.8 Å². The zero-order valence-electron chi connectivity index (χ0n) is 22.7. The van der Waals surface area contributed by atoms with E-state index in [0.717, 1.165) is 31.4 Å². The highest BCUT2D eigenvalue weighted by Gasteiger charge is 1.92. The van der Waals surface area contributed by atoms with Gasteiger partial charge in [-0.05, 0) is 31.3 Å². The third-order valence-electron chi connectivity index (χ3n) is 2.67. The van der Waals surface area contributed by atoms with Gasteiger partial charge in [0.2, 0.25) is 0 Å². The van der Waals surface area contributed by atoms with Crippen LogP contribution in [0.4, 0.5) is 0 Å². The van der Waals surface area contributed by atoms with Gasteiger partial charge in [-0.25, -0.2) is 0 Å². The Bertz CT molecular complexity index is 514. The monoisotopic (exact) mass is 578 g/mol. The number of carbonyl (C=O) groups is 6. The predicted molar refractivity (Wildman–Crippen MR) is 147 cm³/mol. The third kappa shape index (κ3) is 122. The summed E-state index contributed by atoms with van der Waals surface area (Å²) in [6, 6.07) is 0. The van der Waals surface area contributed by atoms with E-state index >= 15 is 0 Å². The van der Waals surface area contributed by atoms with Gasteiger partial charge in [0.1, 0.15) is 0 Å². The van der Waals surface area contributed by atoms with Gasteiger partial charge in [0, 0.05) is 25.7 Å². The second-order valence-corrected chi connectivity index (χ2v) is 8.53. The molecule has 0 heterocycles. The van der Waals surface area contributed by atoms with E-state index in [1.54, 1.807) is 13.2 Å². The van der Waals surface area contributed by atoms with Crippen molar-refractivity contribution in [2.75, 3.05) is 23.5 Å². The lowest BCUT2D eigenvalue weighted by molar-refractivity contribution is -0.138. The lowest BCUT2D eigenvalue weighted by Crippen LogP contribution is -1.97. The number of aliphatic carboxylic acids is 6. The van der Waals surface area contributed by atoms with Gasteiger partial charge in [-0.2, -0.15) is 23.5 Å². The van der Waals surface area contributed by atoms with Crippen molar-refractivity contribution in [1.82, 2.24) is 0 Å². The van der Waals surface area contributed by atoms with Crippen molar-refractivity contribution < 1.29 is 59.4 Å². The van der Waals surface area contributed by atoms with E-state index in [1.165, 1.54) is 23.5 Å². The van der Waals surface area contributed by atoms with Crippen LogP contribution in [0, 0.1) is 0 Å². The Balaban J connectivity index is -0.0000000782. The summed E-state index contributed by atoms with van der Waals surface area (Å²) in [7, 11) is 0. The lowest BCUT2D eigenvalue weighted by Gasteiger charge is -1.86. The summed E-state index contributed by atoms with van der Waals surface area (Å²) in [5.74, 6) is -3.01. The molecule has 0 aliphatic heterocycles. The smallest absolute Gasteiger partial charge is 0.313 e. The molecular weight excluding hydrogens is 532 g/mol. The molecule has 0 rings (SSSR count). The molecule has 0 saturated carbocycles. The average molecular weight is 579 g/mol. The van der Waals surface area contributed by atoms with Gasteiger partial charge in [-0.1, -0.05) is 41.0 Å². The SMILES string of the molecule is CCC(=O)O.CCCC(=O)O.CCCC(=O)O.CCCCC(=O)O.CCSCC(=O)O.CSCC(=O)O. The number of hydrogen-bond acceptors (Lipinski definition) is 8. The zero-order chi connectivity index (χ0) is 30.7. The van der Waals surface area contributed by atoms with E-state index in [-0.39, 0.29) is 17.9 Å². The maximum Gasteiger partial charge on any atom is 0.313 e. The Labute approximate surface area is 228 Å². The van der Waals surface area contributed by atoms with E-state index in [4.69, 9.17) is 30.6 Å². The summed E-state index contributed by atoms with van der Waals surface area (Å²) in [5, 5.41) is 47.5. The Morgan fingerprint density at radius 3 is 0.919 bits per heavy atom. The molecule has 0 fully saturated rings.